The van der Waals surface area contributed by atoms with E-state index in [1.807, 2.05) is 0 Å². The number of hydrogen-bond donors (Lipinski definition) is 1. The molecule has 2 rings (SSSR count). The van der Waals surface area contributed by atoms with Gasteiger partial charge in [-0.3, -0.25) is 4.68 Å². The minimum atomic E-state index is -4.64. The highest BCUT2D eigenvalue weighted by atomic mass is 19.4. The Hall–Kier alpha value is -1.76. The Morgan fingerprint density at radius 3 is 2.67 bits per heavy atom. The average Bonchev–Trinajstić information content (AvgIpc) is 2.86. The summed E-state index contributed by atoms with van der Waals surface area (Å²) in [5.74, 6) is 0. The third kappa shape index (κ3) is 2.73. The fraction of sp³-hybridized carbons (Fsp3) is 0.364. The van der Waals surface area contributed by atoms with E-state index in [1.54, 1.807) is 28.7 Å². The lowest BCUT2D eigenvalue weighted by Crippen LogP contribution is -2.19. The summed E-state index contributed by atoms with van der Waals surface area (Å²) in [5, 5.41) is 13.1. The normalized spacial score (nSPS) is 13.8. The maximum atomic E-state index is 12.3. The van der Waals surface area contributed by atoms with E-state index in [0.717, 1.165) is 5.56 Å². The molecule has 2 aromatic rings. The first kappa shape index (κ1) is 12.7. The van der Waals surface area contributed by atoms with Crippen LogP contribution in [0, 0.1) is 0 Å². The molecule has 0 aromatic carbocycles. The lowest BCUT2D eigenvalue weighted by atomic mass is 10.2. The summed E-state index contributed by atoms with van der Waals surface area (Å²) < 4.78 is 40.1. The Labute approximate surface area is 101 Å². The number of aliphatic hydroxyl groups excluding tert-OH is 1. The van der Waals surface area contributed by atoms with Crippen molar-refractivity contribution < 1.29 is 18.3 Å². The van der Waals surface area contributed by atoms with E-state index in [0.29, 0.717) is 6.54 Å². The molecule has 4 nitrogen and oxygen atoms in total. The van der Waals surface area contributed by atoms with E-state index in [2.05, 4.69) is 5.10 Å². The van der Waals surface area contributed by atoms with Gasteiger partial charge in [0.05, 0.1) is 12.7 Å². The summed E-state index contributed by atoms with van der Waals surface area (Å²) in [6, 6.07) is 1.26. The van der Waals surface area contributed by atoms with Crippen LogP contribution < -0.4 is 0 Å². The number of rotatable bonds is 3. The summed E-state index contributed by atoms with van der Waals surface area (Å²) in [4.78, 5) is 0. The number of alkyl halides is 3. The minimum absolute atomic E-state index is 0.161. The zero-order valence-electron chi connectivity index (χ0n) is 9.59. The van der Waals surface area contributed by atoms with Crippen LogP contribution in [0.4, 0.5) is 13.2 Å². The van der Waals surface area contributed by atoms with E-state index in [1.165, 1.54) is 18.5 Å². The molecule has 98 valence electrons. The Morgan fingerprint density at radius 2 is 2.11 bits per heavy atom. The van der Waals surface area contributed by atoms with Gasteiger partial charge in [-0.05, 0) is 6.07 Å². The number of aliphatic hydroxyl groups is 1. The Balaban J connectivity index is 2.11. The molecule has 0 saturated carbocycles. The predicted molar refractivity (Wildman–Crippen MR) is 57.8 cm³/mol. The number of hydrogen-bond acceptors (Lipinski definition) is 2. The van der Waals surface area contributed by atoms with E-state index in [4.69, 9.17) is 5.11 Å². The number of aryl methyl sites for hydroxylation is 1. The van der Waals surface area contributed by atoms with Gasteiger partial charge in [-0.15, -0.1) is 0 Å². The molecule has 2 aromatic heterocycles. The lowest BCUT2D eigenvalue weighted by molar-refractivity contribution is -0.206. The third-order valence-electron chi connectivity index (χ3n) is 2.52. The SMILES string of the molecule is Cn1cc(Cn2ccc(C(O)C(F)(F)F)c2)cn1. The number of halogens is 3. The van der Waals surface area contributed by atoms with Gasteiger partial charge in [0.1, 0.15) is 0 Å². The second kappa shape index (κ2) is 4.49. The Kier molecular flexibility index (Phi) is 3.16. The second-order valence-electron chi connectivity index (χ2n) is 4.08. The molecule has 0 aliphatic heterocycles. The topological polar surface area (TPSA) is 43.0 Å². The molecule has 0 radical (unpaired) electrons. The molecule has 0 amide bonds. The molecule has 0 fully saturated rings. The molecule has 0 aliphatic rings. The predicted octanol–water partition coefficient (Wildman–Crippen LogP) is 1.87. The second-order valence-corrected chi connectivity index (χ2v) is 4.08. The summed E-state index contributed by atoms with van der Waals surface area (Å²) in [7, 11) is 1.76. The molecule has 0 aliphatic carbocycles. The highest BCUT2D eigenvalue weighted by Crippen LogP contribution is 2.32. The van der Waals surface area contributed by atoms with Crippen LogP contribution in [0.3, 0.4) is 0 Å². The molecular formula is C11H12F3N3O. The highest BCUT2D eigenvalue weighted by molar-refractivity contribution is 5.17. The maximum absolute atomic E-state index is 12.3. The summed E-state index contributed by atoms with van der Waals surface area (Å²) in [6.45, 7) is 0.415. The van der Waals surface area contributed by atoms with E-state index >= 15 is 0 Å². The monoisotopic (exact) mass is 259 g/mol. The maximum Gasteiger partial charge on any atom is 0.418 e. The van der Waals surface area contributed by atoms with Crippen molar-refractivity contribution >= 4 is 0 Å². The number of nitrogens with zero attached hydrogens (tertiary/aromatic N) is 3. The highest BCUT2D eigenvalue weighted by Gasteiger charge is 2.39. The van der Waals surface area contributed by atoms with E-state index in [-0.39, 0.29) is 5.56 Å². The van der Waals surface area contributed by atoms with Gasteiger partial charge in [-0.25, -0.2) is 0 Å². The van der Waals surface area contributed by atoms with Gasteiger partial charge in [0.15, 0.2) is 6.10 Å². The zero-order valence-corrected chi connectivity index (χ0v) is 9.59. The molecule has 0 saturated heterocycles. The molecule has 1 atom stereocenters. The fourth-order valence-corrected chi connectivity index (χ4v) is 1.67. The molecular weight excluding hydrogens is 247 g/mol. The van der Waals surface area contributed by atoms with Gasteiger partial charge >= 0.3 is 6.18 Å². The average molecular weight is 259 g/mol. The Morgan fingerprint density at radius 1 is 1.39 bits per heavy atom. The molecule has 0 spiro atoms. The summed E-state index contributed by atoms with van der Waals surface area (Å²) in [5.41, 5.74) is 0.715. The van der Waals surface area contributed by atoms with Crippen molar-refractivity contribution in [3.05, 3.63) is 42.0 Å². The van der Waals surface area contributed by atoms with Crippen LogP contribution in [-0.4, -0.2) is 25.6 Å². The molecule has 2 heterocycles. The first-order chi connectivity index (χ1) is 8.36. The van der Waals surface area contributed by atoms with Crippen LogP contribution in [0.5, 0.6) is 0 Å². The van der Waals surface area contributed by atoms with Crippen LogP contribution in [0.2, 0.25) is 0 Å². The first-order valence-electron chi connectivity index (χ1n) is 5.24. The van der Waals surface area contributed by atoms with E-state index in [9.17, 15) is 13.2 Å². The summed E-state index contributed by atoms with van der Waals surface area (Å²) in [6.07, 6.45) is -0.879. The largest absolute Gasteiger partial charge is 0.418 e. The third-order valence-corrected chi connectivity index (χ3v) is 2.52. The van der Waals surface area contributed by atoms with Crippen molar-refractivity contribution in [2.75, 3.05) is 0 Å². The quantitative estimate of drug-likeness (QED) is 0.914. The molecule has 18 heavy (non-hydrogen) atoms. The summed E-state index contributed by atoms with van der Waals surface area (Å²) >= 11 is 0. The van der Waals surface area contributed by atoms with E-state index < -0.39 is 12.3 Å². The standard InChI is InChI=1S/C11H12F3N3O/c1-16-5-8(4-15-16)6-17-3-2-9(7-17)10(18)11(12,13)14/h2-5,7,10,18H,6H2,1H3. The van der Waals surface area contributed by atoms with Crippen LogP contribution in [-0.2, 0) is 13.6 Å². The van der Waals surface area contributed by atoms with Crippen LogP contribution in [0.15, 0.2) is 30.9 Å². The van der Waals surface area contributed by atoms with Crippen LogP contribution in [0.25, 0.3) is 0 Å². The van der Waals surface area contributed by atoms with Gasteiger partial charge in [0, 0.05) is 36.8 Å². The van der Waals surface area contributed by atoms with Crippen LogP contribution >= 0.6 is 0 Å². The molecule has 0 bridgehead atoms. The smallest absolute Gasteiger partial charge is 0.379 e. The zero-order chi connectivity index (χ0) is 13.3. The van der Waals surface area contributed by atoms with Crippen molar-refractivity contribution in [2.45, 2.75) is 18.8 Å². The van der Waals surface area contributed by atoms with Crippen molar-refractivity contribution in [2.24, 2.45) is 7.05 Å². The van der Waals surface area contributed by atoms with Crippen LogP contribution in [0.1, 0.15) is 17.2 Å². The van der Waals surface area contributed by atoms with Gasteiger partial charge in [0.25, 0.3) is 0 Å². The lowest BCUT2D eigenvalue weighted by Gasteiger charge is -2.12. The minimum Gasteiger partial charge on any atom is -0.379 e. The van der Waals surface area contributed by atoms with Crippen molar-refractivity contribution in [1.82, 2.24) is 14.3 Å². The van der Waals surface area contributed by atoms with Crippen molar-refractivity contribution in [3.8, 4) is 0 Å². The molecule has 1 N–H and O–H groups in total. The van der Waals surface area contributed by atoms with Crippen molar-refractivity contribution in [3.63, 3.8) is 0 Å². The van der Waals surface area contributed by atoms with Crippen molar-refractivity contribution in [1.29, 1.82) is 0 Å². The molecule has 1 unspecified atom stereocenters. The van der Waals surface area contributed by atoms with Gasteiger partial charge in [-0.1, -0.05) is 0 Å². The van der Waals surface area contributed by atoms with Gasteiger partial charge in [0.2, 0.25) is 0 Å². The first-order valence-corrected chi connectivity index (χ1v) is 5.24. The van der Waals surface area contributed by atoms with Gasteiger partial charge in [-0.2, -0.15) is 18.3 Å². The van der Waals surface area contributed by atoms with Gasteiger partial charge < -0.3 is 9.67 Å². The number of aromatic nitrogens is 3. The fourth-order valence-electron chi connectivity index (χ4n) is 1.67. The molecule has 7 heteroatoms. The Bertz CT molecular complexity index is 530.